The van der Waals surface area contributed by atoms with Gasteiger partial charge in [0.25, 0.3) is 5.91 Å². The molecule has 0 radical (unpaired) electrons. The van der Waals surface area contributed by atoms with Crippen LogP contribution < -0.4 is 5.32 Å². The van der Waals surface area contributed by atoms with Crippen LogP contribution in [-0.2, 0) is 15.9 Å². The van der Waals surface area contributed by atoms with Crippen LogP contribution in [0.3, 0.4) is 0 Å². The van der Waals surface area contributed by atoms with Gasteiger partial charge in [0.2, 0.25) is 0 Å². The first-order valence-electron chi connectivity index (χ1n) is 8.62. The highest BCUT2D eigenvalue weighted by Crippen LogP contribution is 2.30. The summed E-state index contributed by atoms with van der Waals surface area (Å²) in [4.78, 5) is 12.7. The lowest BCUT2D eigenvalue weighted by atomic mass is 9.79. The minimum Gasteiger partial charge on any atom is -0.381 e. The molecule has 0 aromatic carbocycles. The molecule has 2 atom stereocenters. The van der Waals surface area contributed by atoms with Crippen LogP contribution >= 0.6 is 0 Å². The van der Waals surface area contributed by atoms with Gasteiger partial charge >= 0.3 is 0 Å². The van der Waals surface area contributed by atoms with Gasteiger partial charge in [-0.05, 0) is 38.5 Å². The van der Waals surface area contributed by atoms with Crippen molar-refractivity contribution >= 4 is 5.91 Å². The van der Waals surface area contributed by atoms with Gasteiger partial charge in [-0.1, -0.05) is 12.1 Å². The molecule has 2 aliphatic rings. The molecule has 1 N–H and O–H groups in total. The number of nitrogens with zero attached hydrogens (tertiary/aromatic N) is 1. The molecule has 0 bridgehead atoms. The van der Waals surface area contributed by atoms with E-state index < -0.39 is 0 Å². The van der Waals surface area contributed by atoms with Crippen LogP contribution in [0.15, 0.2) is 4.52 Å². The van der Waals surface area contributed by atoms with Crippen LogP contribution in [0.1, 0.15) is 48.0 Å². The maximum Gasteiger partial charge on any atom is 0.257 e. The monoisotopic (exact) mass is 322 g/mol. The largest absolute Gasteiger partial charge is 0.381 e. The van der Waals surface area contributed by atoms with Crippen LogP contribution in [0.25, 0.3) is 0 Å². The molecular formula is C17H26N2O4. The highest BCUT2D eigenvalue weighted by atomic mass is 16.5. The second-order valence-electron chi connectivity index (χ2n) is 6.47. The summed E-state index contributed by atoms with van der Waals surface area (Å²) in [6, 6.07) is 0.151. The van der Waals surface area contributed by atoms with Crippen molar-refractivity contribution in [3.8, 4) is 0 Å². The van der Waals surface area contributed by atoms with Crippen molar-refractivity contribution in [2.45, 2.75) is 45.6 Å². The first kappa shape index (κ1) is 16.5. The summed E-state index contributed by atoms with van der Waals surface area (Å²) in [6.45, 7) is 6.82. The van der Waals surface area contributed by atoms with E-state index in [1.165, 1.54) is 0 Å². The van der Waals surface area contributed by atoms with E-state index in [4.69, 9.17) is 14.0 Å². The number of aromatic nitrogens is 1. The maximum absolute atomic E-state index is 12.7. The number of ether oxygens (including phenoxy) is 2. The SMILES string of the molecule is CCc1noc(C)c1C(=O)N[C@H]1CCOC[C@H]1C1CCOCC1. The van der Waals surface area contributed by atoms with Gasteiger partial charge in [-0.15, -0.1) is 0 Å². The molecule has 2 fully saturated rings. The third-order valence-corrected chi connectivity index (χ3v) is 5.08. The molecule has 1 amide bonds. The van der Waals surface area contributed by atoms with E-state index in [0.717, 1.165) is 44.8 Å². The average molecular weight is 322 g/mol. The van der Waals surface area contributed by atoms with Gasteiger partial charge in [-0.25, -0.2) is 0 Å². The van der Waals surface area contributed by atoms with Crippen molar-refractivity contribution in [1.29, 1.82) is 0 Å². The number of amides is 1. The Hall–Kier alpha value is -1.40. The molecule has 23 heavy (non-hydrogen) atoms. The van der Waals surface area contributed by atoms with Crippen molar-refractivity contribution in [2.75, 3.05) is 26.4 Å². The van der Waals surface area contributed by atoms with E-state index in [2.05, 4.69) is 10.5 Å². The molecule has 128 valence electrons. The van der Waals surface area contributed by atoms with Crippen LogP contribution in [0, 0.1) is 18.8 Å². The lowest BCUT2D eigenvalue weighted by Gasteiger charge is -2.39. The highest BCUT2D eigenvalue weighted by Gasteiger charge is 2.35. The van der Waals surface area contributed by atoms with Crippen molar-refractivity contribution in [1.82, 2.24) is 10.5 Å². The van der Waals surface area contributed by atoms with Crippen molar-refractivity contribution < 1.29 is 18.8 Å². The van der Waals surface area contributed by atoms with Gasteiger partial charge in [0.15, 0.2) is 0 Å². The zero-order chi connectivity index (χ0) is 16.2. The molecule has 2 aliphatic heterocycles. The summed E-state index contributed by atoms with van der Waals surface area (Å²) < 4.78 is 16.3. The van der Waals surface area contributed by atoms with Gasteiger partial charge in [-0.3, -0.25) is 4.79 Å². The third-order valence-electron chi connectivity index (χ3n) is 5.08. The van der Waals surface area contributed by atoms with Crippen LogP contribution in [-0.4, -0.2) is 43.5 Å². The number of hydrogen-bond acceptors (Lipinski definition) is 5. The molecule has 6 heteroatoms. The number of carbonyl (C=O) groups is 1. The van der Waals surface area contributed by atoms with Gasteiger partial charge in [-0.2, -0.15) is 0 Å². The zero-order valence-corrected chi connectivity index (χ0v) is 14.0. The number of aryl methyl sites for hydroxylation is 2. The Labute approximate surface area is 136 Å². The normalized spacial score (nSPS) is 26.2. The van der Waals surface area contributed by atoms with Crippen molar-refractivity contribution in [3.63, 3.8) is 0 Å². The van der Waals surface area contributed by atoms with E-state index in [1.807, 2.05) is 6.92 Å². The lowest BCUT2D eigenvalue weighted by molar-refractivity contribution is -0.0259. The fourth-order valence-corrected chi connectivity index (χ4v) is 3.74. The summed E-state index contributed by atoms with van der Waals surface area (Å²) >= 11 is 0. The molecule has 1 aromatic heterocycles. The van der Waals surface area contributed by atoms with E-state index in [1.54, 1.807) is 6.92 Å². The summed E-state index contributed by atoms with van der Waals surface area (Å²) in [6.07, 6.45) is 3.65. The number of carbonyl (C=O) groups excluding carboxylic acids is 1. The number of nitrogens with one attached hydrogen (secondary N) is 1. The standard InChI is InChI=1S/C17H26N2O4/c1-3-14-16(11(2)23-19-14)17(20)18-15-6-9-22-10-13(15)12-4-7-21-8-5-12/h12-13,15H,3-10H2,1-2H3,(H,18,20)/t13-,15-/m0/s1. The first-order valence-corrected chi connectivity index (χ1v) is 8.62. The maximum atomic E-state index is 12.7. The molecule has 2 saturated heterocycles. The Morgan fingerprint density at radius 3 is 2.70 bits per heavy atom. The fourth-order valence-electron chi connectivity index (χ4n) is 3.74. The lowest BCUT2D eigenvalue weighted by Crippen LogP contribution is -2.49. The fraction of sp³-hybridized carbons (Fsp3) is 0.765. The van der Waals surface area contributed by atoms with E-state index in [0.29, 0.717) is 36.2 Å². The summed E-state index contributed by atoms with van der Waals surface area (Å²) in [7, 11) is 0. The van der Waals surface area contributed by atoms with Crippen LogP contribution in [0.4, 0.5) is 0 Å². The zero-order valence-electron chi connectivity index (χ0n) is 14.0. The Bertz CT molecular complexity index is 537. The number of rotatable bonds is 4. The molecule has 0 spiro atoms. The van der Waals surface area contributed by atoms with Crippen molar-refractivity contribution in [3.05, 3.63) is 17.0 Å². The molecule has 0 aliphatic carbocycles. The average Bonchev–Trinajstić information content (AvgIpc) is 2.97. The topological polar surface area (TPSA) is 73.6 Å². The Kier molecular flexibility index (Phi) is 5.33. The summed E-state index contributed by atoms with van der Waals surface area (Å²) in [5.74, 6) is 1.45. The predicted molar refractivity (Wildman–Crippen MR) is 84.3 cm³/mol. The first-order chi connectivity index (χ1) is 11.2. The van der Waals surface area contributed by atoms with Gasteiger partial charge < -0.3 is 19.3 Å². The Morgan fingerprint density at radius 2 is 1.96 bits per heavy atom. The molecule has 3 heterocycles. The molecule has 0 unspecified atom stereocenters. The second kappa shape index (κ2) is 7.45. The van der Waals surface area contributed by atoms with E-state index in [9.17, 15) is 4.79 Å². The minimum absolute atomic E-state index is 0.0652. The van der Waals surface area contributed by atoms with Crippen LogP contribution in [0.5, 0.6) is 0 Å². The van der Waals surface area contributed by atoms with Crippen molar-refractivity contribution in [2.24, 2.45) is 11.8 Å². The van der Waals surface area contributed by atoms with E-state index >= 15 is 0 Å². The smallest absolute Gasteiger partial charge is 0.257 e. The molecular weight excluding hydrogens is 296 g/mol. The quantitative estimate of drug-likeness (QED) is 0.919. The third kappa shape index (κ3) is 3.58. The van der Waals surface area contributed by atoms with Gasteiger partial charge in [0.1, 0.15) is 11.3 Å². The second-order valence-corrected chi connectivity index (χ2v) is 6.47. The van der Waals surface area contributed by atoms with Gasteiger partial charge in [0.05, 0.1) is 12.3 Å². The molecule has 3 rings (SSSR count). The molecule has 1 aromatic rings. The Morgan fingerprint density at radius 1 is 1.22 bits per heavy atom. The molecule has 0 saturated carbocycles. The number of hydrogen-bond donors (Lipinski definition) is 1. The predicted octanol–water partition coefficient (Wildman–Crippen LogP) is 2.11. The highest BCUT2D eigenvalue weighted by molar-refractivity contribution is 5.96. The summed E-state index contributed by atoms with van der Waals surface area (Å²) in [5, 5.41) is 7.20. The Balaban J connectivity index is 1.71. The summed E-state index contributed by atoms with van der Waals surface area (Å²) in [5.41, 5.74) is 1.33. The van der Waals surface area contributed by atoms with Gasteiger partial charge in [0, 0.05) is 31.8 Å². The minimum atomic E-state index is -0.0652. The molecule has 6 nitrogen and oxygen atoms in total. The van der Waals surface area contributed by atoms with E-state index in [-0.39, 0.29) is 11.9 Å². The van der Waals surface area contributed by atoms with Crippen LogP contribution in [0.2, 0.25) is 0 Å².